The van der Waals surface area contributed by atoms with Crippen LogP contribution in [0.2, 0.25) is 0 Å². The van der Waals surface area contributed by atoms with E-state index in [1.807, 2.05) is 25.1 Å². The van der Waals surface area contributed by atoms with Crippen molar-refractivity contribution in [2.75, 3.05) is 0 Å². The van der Waals surface area contributed by atoms with Gasteiger partial charge in [0.05, 0.1) is 18.4 Å². The summed E-state index contributed by atoms with van der Waals surface area (Å²) in [7, 11) is 0. The maximum atomic E-state index is 12.4. The average Bonchev–Trinajstić information content (AvgIpc) is 3.38. The third kappa shape index (κ3) is 4.43. The SMILES string of the molecule is Cc1ccc2[nH]c(=O)c(-c3noc(CCCC(=O)NCc4ccco4)n3)cc2c1. The lowest BCUT2D eigenvalue weighted by atomic mass is 10.1. The fourth-order valence-electron chi connectivity index (χ4n) is 3.05. The number of nitrogens with one attached hydrogen (secondary N) is 2. The van der Waals surface area contributed by atoms with Crippen molar-refractivity contribution in [1.82, 2.24) is 20.4 Å². The number of aromatic amines is 1. The maximum Gasteiger partial charge on any atom is 0.259 e. The third-order valence-electron chi connectivity index (χ3n) is 4.54. The number of furan rings is 1. The summed E-state index contributed by atoms with van der Waals surface area (Å²) in [4.78, 5) is 31.4. The van der Waals surface area contributed by atoms with Gasteiger partial charge in [0.2, 0.25) is 17.6 Å². The highest BCUT2D eigenvalue weighted by molar-refractivity contribution is 5.82. The lowest BCUT2D eigenvalue weighted by Gasteiger charge is -2.02. The molecule has 8 nitrogen and oxygen atoms in total. The van der Waals surface area contributed by atoms with Gasteiger partial charge in [-0.3, -0.25) is 9.59 Å². The number of fused-ring (bicyclic) bond motifs is 1. The van der Waals surface area contributed by atoms with E-state index in [0.717, 1.165) is 16.5 Å². The van der Waals surface area contributed by atoms with Gasteiger partial charge in [0.15, 0.2) is 0 Å². The van der Waals surface area contributed by atoms with Crippen LogP contribution in [-0.2, 0) is 17.8 Å². The number of hydrogen-bond donors (Lipinski definition) is 2. The van der Waals surface area contributed by atoms with Crippen LogP contribution >= 0.6 is 0 Å². The molecule has 1 amide bonds. The first-order chi connectivity index (χ1) is 14.1. The van der Waals surface area contributed by atoms with Gasteiger partial charge in [0.25, 0.3) is 5.56 Å². The summed E-state index contributed by atoms with van der Waals surface area (Å²) in [6.07, 6.45) is 2.90. The highest BCUT2D eigenvalue weighted by Crippen LogP contribution is 2.19. The molecule has 0 aliphatic carbocycles. The molecule has 0 aliphatic rings. The van der Waals surface area contributed by atoms with E-state index in [9.17, 15) is 9.59 Å². The van der Waals surface area contributed by atoms with Gasteiger partial charge in [-0.25, -0.2) is 0 Å². The molecule has 4 aromatic rings. The second-order valence-corrected chi connectivity index (χ2v) is 6.82. The van der Waals surface area contributed by atoms with Gasteiger partial charge < -0.3 is 19.2 Å². The number of hydrogen-bond acceptors (Lipinski definition) is 6. The van der Waals surface area contributed by atoms with Crippen molar-refractivity contribution >= 4 is 16.8 Å². The number of benzene rings is 1. The first kappa shape index (κ1) is 18.7. The monoisotopic (exact) mass is 392 g/mol. The summed E-state index contributed by atoms with van der Waals surface area (Å²) >= 11 is 0. The van der Waals surface area contributed by atoms with E-state index < -0.39 is 0 Å². The minimum Gasteiger partial charge on any atom is -0.467 e. The molecule has 3 heterocycles. The zero-order valence-corrected chi connectivity index (χ0v) is 15.9. The highest BCUT2D eigenvalue weighted by Gasteiger charge is 2.14. The van der Waals surface area contributed by atoms with Crippen LogP contribution in [0.15, 0.2) is 56.4 Å². The fourth-order valence-corrected chi connectivity index (χ4v) is 3.05. The third-order valence-corrected chi connectivity index (χ3v) is 4.54. The van der Waals surface area contributed by atoms with Crippen molar-refractivity contribution in [3.05, 3.63) is 70.2 Å². The van der Waals surface area contributed by atoms with Crippen LogP contribution in [0.5, 0.6) is 0 Å². The highest BCUT2D eigenvalue weighted by atomic mass is 16.5. The van der Waals surface area contributed by atoms with Crippen LogP contribution in [0.3, 0.4) is 0 Å². The number of pyridine rings is 1. The van der Waals surface area contributed by atoms with Gasteiger partial charge in [0, 0.05) is 18.4 Å². The second kappa shape index (κ2) is 8.14. The minimum absolute atomic E-state index is 0.0810. The Morgan fingerprint density at radius 2 is 2.14 bits per heavy atom. The molecule has 4 rings (SSSR count). The second-order valence-electron chi connectivity index (χ2n) is 6.82. The van der Waals surface area contributed by atoms with Crippen molar-refractivity contribution < 1.29 is 13.7 Å². The van der Waals surface area contributed by atoms with E-state index in [1.165, 1.54) is 0 Å². The Labute approximate surface area is 165 Å². The molecule has 0 saturated carbocycles. The molecule has 0 radical (unpaired) electrons. The Bertz CT molecular complexity index is 1190. The van der Waals surface area contributed by atoms with Crippen molar-refractivity contribution in [3.63, 3.8) is 0 Å². The zero-order valence-electron chi connectivity index (χ0n) is 15.9. The molecular weight excluding hydrogens is 372 g/mol. The van der Waals surface area contributed by atoms with Crippen molar-refractivity contribution in [2.24, 2.45) is 0 Å². The van der Waals surface area contributed by atoms with Gasteiger partial charge >= 0.3 is 0 Å². The molecule has 29 heavy (non-hydrogen) atoms. The molecule has 0 fully saturated rings. The number of carbonyl (C=O) groups excluding carboxylic acids is 1. The van der Waals surface area contributed by atoms with Gasteiger partial charge in [0.1, 0.15) is 5.76 Å². The number of aromatic nitrogens is 3. The predicted octanol–water partition coefficient (Wildman–Crippen LogP) is 3.12. The number of amides is 1. The molecule has 0 saturated heterocycles. The molecule has 0 bridgehead atoms. The molecule has 0 spiro atoms. The molecule has 2 N–H and O–H groups in total. The van der Waals surface area contributed by atoms with E-state index >= 15 is 0 Å². The summed E-state index contributed by atoms with van der Waals surface area (Å²) < 4.78 is 10.4. The zero-order chi connectivity index (χ0) is 20.2. The molecule has 0 unspecified atom stereocenters. The number of nitrogens with zero attached hydrogens (tertiary/aromatic N) is 2. The predicted molar refractivity (Wildman–Crippen MR) is 106 cm³/mol. The summed E-state index contributed by atoms with van der Waals surface area (Å²) in [5.41, 5.74) is 1.93. The molecule has 0 atom stereocenters. The van der Waals surface area contributed by atoms with E-state index in [2.05, 4.69) is 20.4 Å². The van der Waals surface area contributed by atoms with Crippen LogP contribution < -0.4 is 10.9 Å². The molecule has 148 valence electrons. The van der Waals surface area contributed by atoms with E-state index in [-0.39, 0.29) is 17.3 Å². The smallest absolute Gasteiger partial charge is 0.259 e. The Kier molecular flexibility index (Phi) is 5.24. The first-order valence-corrected chi connectivity index (χ1v) is 9.34. The van der Waals surface area contributed by atoms with Gasteiger partial charge in [-0.15, -0.1) is 0 Å². The lowest BCUT2D eigenvalue weighted by molar-refractivity contribution is -0.121. The molecular formula is C21H20N4O4. The first-order valence-electron chi connectivity index (χ1n) is 9.34. The van der Waals surface area contributed by atoms with Crippen molar-refractivity contribution in [3.8, 4) is 11.4 Å². The van der Waals surface area contributed by atoms with E-state index in [0.29, 0.717) is 43.0 Å². The summed E-state index contributed by atoms with van der Waals surface area (Å²) in [6.45, 7) is 2.35. The number of carbonyl (C=O) groups is 1. The molecule has 8 heteroatoms. The normalized spacial score (nSPS) is 11.1. The quantitative estimate of drug-likeness (QED) is 0.499. The van der Waals surface area contributed by atoms with Crippen LogP contribution in [0, 0.1) is 6.92 Å². The Hall–Kier alpha value is -3.68. The standard InChI is InChI=1S/C21H20N4O4/c1-13-7-8-17-14(10-13)11-16(21(27)23-17)20-24-19(29-25-20)6-2-5-18(26)22-12-15-4-3-9-28-15/h3-4,7-11H,2,5-6,12H2,1H3,(H,22,26)(H,23,27). The average molecular weight is 392 g/mol. The van der Waals surface area contributed by atoms with Gasteiger partial charge in [-0.05, 0) is 49.1 Å². The summed E-state index contributed by atoms with van der Waals surface area (Å²) in [6, 6.07) is 11.1. The maximum absolute atomic E-state index is 12.4. The fraction of sp³-hybridized carbons (Fsp3) is 0.238. The Morgan fingerprint density at radius 3 is 2.97 bits per heavy atom. The van der Waals surface area contributed by atoms with Crippen LogP contribution in [0.25, 0.3) is 22.3 Å². The van der Waals surface area contributed by atoms with E-state index in [1.54, 1.807) is 24.5 Å². The largest absolute Gasteiger partial charge is 0.467 e. The lowest BCUT2D eigenvalue weighted by Crippen LogP contribution is -2.22. The molecule has 3 aromatic heterocycles. The van der Waals surface area contributed by atoms with Crippen molar-refractivity contribution in [1.29, 1.82) is 0 Å². The number of rotatable bonds is 7. The van der Waals surface area contributed by atoms with Gasteiger partial charge in [-0.2, -0.15) is 4.98 Å². The number of aryl methyl sites for hydroxylation is 2. The number of H-pyrrole nitrogens is 1. The van der Waals surface area contributed by atoms with Crippen LogP contribution in [0.4, 0.5) is 0 Å². The summed E-state index contributed by atoms with van der Waals surface area (Å²) in [5, 5.41) is 7.61. The van der Waals surface area contributed by atoms with Crippen molar-refractivity contribution in [2.45, 2.75) is 32.7 Å². The Balaban J connectivity index is 1.37. The van der Waals surface area contributed by atoms with E-state index in [4.69, 9.17) is 8.94 Å². The summed E-state index contributed by atoms with van der Waals surface area (Å²) in [5.74, 6) is 1.26. The minimum atomic E-state index is -0.272. The molecule has 0 aliphatic heterocycles. The molecule has 1 aromatic carbocycles. The van der Waals surface area contributed by atoms with Crippen LogP contribution in [-0.4, -0.2) is 21.0 Å². The topological polar surface area (TPSA) is 114 Å². The van der Waals surface area contributed by atoms with Crippen LogP contribution in [0.1, 0.15) is 30.1 Å². The Morgan fingerprint density at radius 1 is 1.24 bits per heavy atom. The van der Waals surface area contributed by atoms with Gasteiger partial charge in [-0.1, -0.05) is 16.8 Å².